The van der Waals surface area contributed by atoms with Crippen molar-refractivity contribution >= 4 is 11.0 Å². The molecule has 1 atom stereocenters. The van der Waals surface area contributed by atoms with Crippen LogP contribution in [0, 0.1) is 0 Å². The average molecular weight is 274 g/mol. The Morgan fingerprint density at radius 1 is 1.21 bits per heavy atom. The van der Waals surface area contributed by atoms with Crippen LogP contribution in [-0.2, 0) is 14.1 Å². The second-order valence-electron chi connectivity index (χ2n) is 4.48. The standard InChI is InChI=1S/C12H13F3N2O2/c1-16-8-4-3-7(10(18)6-12(13,14)15)5-9(8)17(2)11(16)19/h3-5,10,18H,6H2,1-2H3. The first-order valence-corrected chi connectivity index (χ1v) is 5.61. The van der Waals surface area contributed by atoms with E-state index in [4.69, 9.17) is 0 Å². The van der Waals surface area contributed by atoms with Crippen molar-refractivity contribution in [3.63, 3.8) is 0 Å². The molecule has 104 valence electrons. The van der Waals surface area contributed by atoms with Crippen molar-refractivity contribution in [3.8, 4) is 0 Å². The summed E-state index contributed by atoms with van der Waals surface area (Å²) < 4.78 is 39.4. The quantitative estimate of drug-likeness (QED) is 0.908. The Hall–Kier alpha value is -1.76. The number of imidazole rings is 1. The monoisotopic (exact) mass is 274 g/mol. The Morgan fingerprint density at radius 3 is 2.37 bits per heavy atom. The molecule has 0 aliphatic heterocycles. The van der Waals surface area contributed by atoms with E-state index < -0.39 is 18.7 Å². The summed E-state index contributed by atoms with van der Waals surface area (Å²) in [5.74, 6) is 0. The average Bonchev–Trinajstić information content (AvgIpc) is 2.52. The van der Waals surface area contributed by atoms with Crippen LogP contribution in [0.5, 0.6) is 0 Å². The number of aliphatic hydroxyl groups is 1. The lowest BCUT2D eigenvalue weighted by atomic mass is 10.1. The Morgan fingerprint density at radius 2 is 1.79 bits per heavy atom. The topological polar surface area (TPSA) is 47.2 Å². The highest BCUT2D eigenvalue weighted by molar-refractivity contribution is 5.76. The second kappa shape index (κ2) is 4.41. The minimum atomic E-state index is -4.43. The molecule has 2 rings (SSSR count). The van der Waals surface area contributed by atoms with Crippen LogP contribution in [0.3, 0.4) is 0 Å². The van der Waals surface area contributed by atoms with Crippen molar-refractivity contribution in [2.24, 2.45) is 14.1 Å². The highest BCUT2D eigenvalue weighted by Gasteiger charge is 2.31. The molecule has 1 N–H and O–H groups in total. The third-order valence-electron chi connectivity index (χ3n) is 3.11. The number of alkyl halides is 3. The Kier molecular flexibility index (Phi) is 3.17. The van der Waals surface area contributed by atoms with Crippen LogP contribution in [0.2, 0.25) is 0 Å². The van der Waals surface area contributed by atoms with Gasteiger partial charge in [-0.15, -0.1) is 0 Å². The predicted octanol–water partition coefficient (Wildman–Crippen LogP) is 1.86. The third-order valence-corrected chi connectivity index (χ3v) is 3.11. The number of benzene rings is 1. The summed E-state index contributed by atoms with van der Waals surface area (Å²) >= 11 is 0. The smallest absolute Gasteiger partial charge is 0.388 e. The van der Waals surface area contributed by atoms with Gasteiger partial charge in [-0.1, -0.05) is 6.07 Å². The van der Waals surface area contributed by atoms with Crippen LogP contribution in [0.15, 0.2) is 23.0 Å². The zero-order chi connectivity index (χ0) is 14.4. The number of aromatic nitrogens is 2. The molecule has 1 aromatic carbocycles. The van der Waals surface area contributed by atoms with Gasteiger partial charge in [-0.25, -0.2) is 4.79 Å². The lowest BCUT2D eigenvalue weighted by Gasteiger charge is -2.13. The van der Waals surface area contributed by atoms with Gasteiger partial charge in [0.05, 0.1) is 23.6 Å². The van der Waals surface area contributed by atoms with Crippen LogP contribution in [0.25, 0.3) is 11.0 Å². The molecule has 0 fully saturated rings. The number of aliphatic hydroxyl groups excluding tert-OH is 1. The summed E-state index contributed by atoms with van der Waals surface area (Å²) in [6.07, 6.45) is -7.37. The van der Waals surface area contributed by atoms with Crippen LogP contribution < -0.4 is 5.69 Å². The molecule has 1 unspecified atom stereocenters. The first-order valence-electron chi connectivity index (χ1n) is 5.61. The Labute approximate surface area is 106 Å². The zero-order valence-electron chi connectivity index (χ0n) is 10.4. The van der Waals surface area contributed by atoms with E-state index in [-0.39, 0.29) is 11.3 Å². The third kappa shape index (κ3) is 2.51. The predicted molar refractivity (Wildman–Crippen MR) is 63.8 cm³/mol. The molecule has 7 heteroatoms. The first-order chi connectivity index (χ1) is 8.70. The Balaban J connectivity index is 2.48. The van der Waals surface area contributed by atoms with Gasteiger partial charge in [0.2, 0.25) is 0 Å². The molecular formula is C12H13F3N2O2. The summed E-state index contributed by atoms with van der Waals surface area (Å²) in [4.78, 5) is 11.7. The summed E-state index contributed by atoms with van der Waals surface area (Å²) in [6, 6.07) is 4.34. The number of aryl methyl sites for hydroxylation is 2. The molecule has 0 spiro atoms. The molecule has 0 saturated carbocycles. The molecule has 19 heavy (non-hydrogen) atoms. The maximum absolute atomic E-state index is 12.2. The van der Waals surface area contributed by atoms with Gasteiger partial charge < -0.3 is 5.11 Å². The highest BCUT2D eigenvalue weighted by Crippen LogP contribution is 2.30. The number of hydrogen-bond donors (Lipinski definition) is 1. The van der Waals surface area contributed by atoms with E-state index >= 15 is 0 Å². The van der Waals surface area contributed by atoms with Crippen LogP contribution in [0.4, 0.5) is 13.2 Å². The van der Waals surface area contributed by atoms with Crippen molar-refractivity contribution in [2.75, 3.05) is 0 Å². The SMILES string of the molecule is Cn1c(=O)n(C)c2cc(C(O)CC(F)(F)F)ccc21. The van der Waals surface area contributed by atoms with Gasteiger partial charge in [0, 0.05) is 14.1 Å². The van der Waals surface area contributed by atoms with Crippen molar-refractivity contribution in [3.05, 3.63) is 34.2 Å². The van der Waals surface area contributed by atoms with E-state index in [1.165, 1.54) is 34.4 Å². The molecule has 0 bridgehead atoms. The van der Waals surface area contributed by atoms with Crippen molar-refractivity contribution in [1.29, 1.82) is 0 Å². The maximum atomic E-state index is 12.2. The molecule has 1 heterocycles. The van der Waals surface area contributed by atoms with E-state index in [0.717, 1.165) is 0 Å². The summed E-state index contributed by atoms with van der Waals surface area (Å²) in [7, 11) is 3.11. The van der Waals surface area contributed by atoms with Gasteiger partial charge in [-0.05, 0) is 17.7 Å². The van der Waals surface area contributed by atoms with E-state index in [1.807, 2.05) is 0 Å². The molecule has 0 amide bonds. The number of fused-ring (bicyclic) bond motifs is 1. The van der Waals surface area contributed by atoms with Gasteiger partial charge in [0.1, 0.15) is 0 Å². The molecule has 4 nitrogen and oxygen atoms in total. The normalized spacial score (nSPS) is 14.0. The largest absolute Gasteiger partial charge is 0.391 e. The second-order valence-corrected chi connectivity index (χ2v) is 4.48. The van der Waals surface area contributed by atoms with E-state index in [1.54, 1.807) is 7.05 Å². The fraction of sp³-hybridized carbons (Fsp3) is 0.417. The van der Waals surface area contributed by atoms with Crippen molar-refractivity contribution in [1.82, 2.24) is 9.13 Å². The summed E-state index contributed by atoms with van der Waals surface area (Å²) in [6.45, 7) is 0. The van der Waals surface area contributed by atoms with Gasteiger partial charge in [0.25, 0.3) is 0 Å². The molecule has 0 saturated heterocycles. The van der Waals surface area contributed by atoms with Crippen LogP contribution in [0.1, 0.15) is 18.1 Å². The van der Waals surface area contributed by atoms with Gasteiger partial charge >= 0.3 is 11.9 Å². The van der Waals surface area contributed by atoms with Crippen molar-refractivity contribution < 1.29 is 18.3 Å². The summed E-state index contributed by atoms with van der Waals surface area (Å²) in [5.41, 5.74) is 0.977. The van der Waals surface area contributed by atoms with E-state index in [9.17, 15) is 23.1 Å². The van der Waals surface area contributed by atoms with Gasteiger partial charge in [0.15, 0.2) is 0 Å². The zero-order valence-corrected chi connectivity index (χ0v) is 10.4. The van der Waals surface area contributed by atoms with E-state index in [2.05, 4.69) is 0 Å². The minimum absolute atomic E-state index is 0.144. The number of nitrogens with zero attached hydrogens (tertiary/aromatic N) is 2. The number of rotatable bonds is 2. The number of hydrogen-bond acceptors (Lipinski definition) is 2. The molecule has 0 radical (unpaired) electrons. The molecular weight excluding hydrogens is 261 g/mol. The molecule has 1 aromatic heterocycles. The first kappa shape index (κ1) is 13.7. The highest BCUT2D eigenvalue weighted by atomic mass is 19.4. The molecule has 0 aliphatic carbocycles. The van der Waals surface area contributed by atoms with Crippen molar-refractivity contribution in [2.45, 2.75) is 18.7 Å². The summed E-state index contributed by atoms with van der Waals surface area (Å²) in [5, 5.41) is 9.57. The van der Waals surface area contributed by atoms with Crippen LogP contribution in [-0.4, -0.2) is 20.4 Å². The van der Waals surface area contributed by atoms with Crippen LogP contribution >= 0.6 is 0 Å². The Bertz CT molecular complexity index is 670. The molecule has 0 aliphatic rings. The number of halogens is 3. The van der Waals surface area contributed by atoms with Gasteiger partial charge in [-0.2, -0.15) is 13.2 Å². The minimum Gasteiger partial charge on any atom is -0.388 e. The van der Waals surface area contributed by atoms with Gasteiger partial charge in [-0.3, -0.25) is 9.13 Å². The fourth-order valence-corrected chi connectivity index (χ4v) is 2.07. The fourth-order valence-electron chi connectivity index (χ4n) is 2.07. The molecule has 2 aromatic rings. The maximum Gasteiger partial charge on any atom is 0.391 e. The lowest BCUT2D eigenvalue weighted by Crippen LogP contribution is -2.19. The van der Waals surface area contributed by atoms with E-state index in [0.29, 0.717) is 11.0 Å². The lowest BCUT2D eigenvalue weighted by molar-refractivity contribution is -0.154.